The summed E-state index contributed by atoms with van der Waals surface area (Å²) in [4.78, 5) is -1.71. The molecule has 0 aliphatic rings. The molecule has 130 valence electrons. The predicted octanol–water partition coefficient (Wildman–Crippen LogP) is 4.14. The number of hydrogen-bond donors (Lipinski definition) is 1. The highest BCUT2D eigenvalue weighted by atomic mass is 32.2. The van der Waals surface area contributed by atoms with Crippen molar-refractivity contribution in [2.45, 2.75) is 22.1 Å². The highest BCUT2D eigenvalue weighted by Gasteiger charge is 2.38. The molecule has 10 heteroatoms. The highest BCUT2D eigenvalue weighted by molar-refractivity contribution is 7.91. The minimum absolute atomic E-state index is 0.145. The van der Waals surface area contributed by atoms with Gasteiger partial charge in [-0.3, -0.25) is 0 Å². The zero-order valence-electron chi connectivity index (χ0n) is 11.6. The van der Waals surface area contributed by atoms with Gasteiger partial charge in [0.1, 0.15) is 0 Å². The Kier molecular flexibility index (Phi) is 4.29. The fourth-order valence-electron chi connectivity index (χ4n) is 1.93. The van der Waals surface area contributed by atoms with Crippen molar-refractivity contribution in [3.63, 3.8) is 0 Å². The van der Waals surface area contributed by atoms with Crippen molar-refractivity contribution < 1.29 is 34.8 Å². The van der Waals surface area contributed by atoms with Crippen LogP contribution in [-0.2, 0) is 22.2 Å². The lowest BCUT2D eigenvalue weighted by Crippen LogP contribution is -2.14. The van der Waals surface area contributed by atoms with Gasteiger partial charge in [-0.1, -0.05) is 12.1 Å². The lowest BCUT2D eigenvalue weighted by atomic mass is 10.1. The molecule has 0 heterocycles. The van der Waals surface area contributed by atoms with Crippen LogP contribution in [-0.4, -0.2) is 8.42 Å². The van der Waals surface area contributed by atoms with Crippen molar-refractivity contribution >= 4 is 15.5 Å². The average molecular weight is 369 g/mol. The molecule has 0 unspecified atom stereocenters. The maximum absolute atomic E-state index is 12.8. The Morgan fingerprint density at radius 2 is 1.25 bits per heavy atom. The second-order valence-electron chi connectivity index (χ2n) is 4.78. The maximum Gasteiger partial charge on any atom is 0.416 e. The Labute approximate surface area is 132 Å². The van der Waals surface area contributed by atoms with E-state index in [0.29, 0.717) is 0 Å². The fourth-order valence-corrected chi connectivity index (χ4v) is 3.39. The number of benzene rings is 2. The van der Waals surface area contributed by atoms with Crippen LogP contribution in [0.3, 0.4) is 0 Å². The van der Waals surface area contributed by atoms with E-state index in [0.717, 1.165) is 6.07 Å². The van der Waals surface area contributed by atoms with Crippen molar-refractivity contribution in [3.05, 3.63) is 53.6 Å². The van der Waals surface area contributed by atoms with Gasteiger partial charge in [0.15, 0.2) is 0 Å². The molecule has 0 saturated heterocycles. The number of hydrogen-bond acceptors (Lipinski definition) is 3. The van der Waals surface area contributed by atoms with Gasteiger partial charge < -0.3 is 5.73 Å². The van der Waals surface area contributed by atoms with E-state index in [2.05, 4.69) is 0 Å². The summed E-state index contributed by atoms with van der Waals surface area (Å²) in [6.07, 6.45) is -10.3. The van der Waals surface area contributed by atoms with E-state index in [9.17, 15) is 34.8 Å². The third-order valence-electron chi connectivity index (χ3n) is 3.08. The number of nitrogen functional groups attached to an aromatic ring is 1. The van der Waals surface area contributed by atoms with Crippen LogP contribution in [0.25, 0.3) is 0 Å². The van der Waals surface area contributed by atoms with E-state index in [4.69, 9.17) is 5.73 Å². The van der Waals surface area contributed by atoms with Gasteiger partial charge in [-0.25, -0.2) is 8.42 Å². The third kappa shape index (κ3) is 3.48. The zero-order valence-corrected chi connectivity index (χ0v) is 12.4. The van der Waals surface area contributed by atoms with Gasteiger partial charge in [-0.15, -0.1) is 0 Å². The van der Waals surface area contributed by atoms with Crippen molar-refractivity contribution in [2.24, 2.45) is 0 Å². The summed E-state index contributed by atoms with van der Waals surface area (Å²) >= 11 is 0. The summed E-state index contributed by atoms with van der Waals surface area (Å²) in [7, 11) is -4.66. The van der Waals surface area contributed by atoms with Crippen LogP contribution in [0.15, 0.2) is 52.3 Å². The van der Waals surface area contributed by atoms with Gasteiger partial charge in [0.2, 0.25) is 9.84 Å². The first-order valence-electron chi connectivity index (χ1n) is 6.22. The zero-order chi connectivity index (χ0) is 18.3. The SMILES string of the molecule is Nc1ccccc1S(=O)(=O)c1cc(C(F)(F)F)cc(C(F)(F)F)c1. The van der Waals surface area contributed by atoms with Crippen LogP contribution < -0.4 is 5.73 Å². The molecule has 0 aliphatic carbocycles. The minimum atomic E-state index is -5.15. The highest BCUT2D eigenvalue weighted by Crippen LogP contribution is 2.38. The van der Waals surface area contributed by atoms with Crippen LogP contribution in [0.4, 0.5) is 32.0 Å². The molecule has 2 N–H and O–H groups in total. The molecule has 2 aromatic carbocycles. The topological polar surface area (TPSA) is 60.2 Å². The summed E-state index contributed by atoms with van der Waals surface area (Å²) in [5, 5.41) is 0. The van der Waals surface area contributed by atoms with E-state index in [1.54, 1.807) is 0 Å². The maximum atomic E-state index is 12.8. The number of para-hydroxylation sites is 1. The smallest absolute Gasteiger partial charge is 0.398 e. The number of alkyl halides is 6. The number of nitrogens with two attached hydrogens (primary N) is 1. The van der Waals surface area contributed by atoms with E-state index in [-0.39, 0.29) is 23.9 Å². The predicted molar refractivity (Wildman–Crippen MR) is 72.8 cm³/mol. The minimum Gasteiger partial charge on any atom is -0.398 e. The first-order chi connectivity index (χ1) is 10.8. The first-order valence-corrected chi connectivity index (χ1v) is 7.71. The second kappa shape index (κ2) is 5.69. The van der Waals surface area contributed by atoms with Crippen molar-refractivity contribution in [1.82, 2.24) is 0 Å². The summed E-state index contributed by atoms with van der Waals surface area (Å²) in [5.41, 5.74) is 1.75. The van der Waals surface area contributed by atoms with Crippen molar-refractivity contribution in [2.75, 3.05) is 5.73 Å². The molecular weight excluding hydrogens is 360 g/mol. The molecule has 0 bridgehead atoms. The van der Waals surface area contributed by atoms with Gasteiger partial charge in [-0.05, 0) is 30.3 Å². The first kappa shape index (κ1) is 18.1. The molecule has 0 aliphatic heterocycles. The lowest BCUT2D eigenvalue weighted by Gasteiger charge is -2.15. The molecule has 24 heavy (non-hydrogen) atoms. The van der Waals surface area contributed by atoms with E-state index >= 15 is 0 Å². The quantitative estimate of drug-likeness (QED) is 0.639. The molecule has 2 aromatic rings. The Balaban J connectivity index is 2.77. The number of rotatable bonds is 2. The Morgan fingerprint density at radius 3 is 1.67 bits per heavy atom. The molecule has 0 spiro atoms. The number of anilines is 1. The van der Waals surface area contributed by atoms with E-state index < -0.39 is 43.1 Å². The standard InChI is InChI=1S/C14H9F6NO2S/c15-13(16,17)8-5-9(14(18,19)20)7-10(6-8)24(22,23)12-4-2-1-3-11(12)21/h1-7H,21H2. The van der Waals surface area contributed by atoms with Crippen LogP contribution >= 0.6 is 0 Å². The summed E-state index contributed by atoms with van der Waals surface area (Å²) in [6, 6.07) is 4.95. The van der Waals surface area contributed by atoms with Crippen molar-refractivity contribution in [3.8, 4) is 0 Å². The van der Waals surface area contributed by atoms with Gasteiger partial charge in [0.05, 0.1) is 26.6 Å². The number of sulfone groups is 1. The Morgan fingerprint density at radius 1 is 0.792 bits per heavy atom. The normalized spacial score (nSPS) is 13.1. The van der Waals surface area contributed by atoms with E-state index in [1.165, 1.54) is 18.2 Å². The lowest BCUT2D eigenvalue weighted by molar-refractivity contribution is -0.143. The average Bonchev–Trinajstić information content (AvgIpc) is 2.45. The van der Waals surface area contributed by atoms with Gasteiger partial charge in [-0.2, -0.15) is 26.3 Å². The van der Waals surface area contributed by atoms with Crippen LogP contribution in [0, 0.1) is 0 Å². The molecule has 0 saturated carbocycles. The molecule has 0 aromatic heterocycles. The molecule has 0 radical (unpaired) electrons. The van der Waals surface area contributed by atoms with Gasteiger partial charge in [0, 0.05) is 0 Å². The number of halogens is 6. The molecule has 2 rings (SSSR count). The Bertz CT molecular complexity index is 839. The van der Waals surface area contributed by atoms with Crippen LogP contribution in [0.5, 0.6) is 0 Å². The fraction of sp³-hybridized carbons (Fsp3) is 0.143. The van der Waals surface area contributed by atoms with Gasteiger partial charge >= 0.3 is 12.4 Å². The second-order valence-corrected chi connectivity index (χ2v) is 6.70. The molecular formula is C14H9F6NO2S. The van der Waals surface area contributed by atoms with E-state index in [1.807, 2.05) is 0 Å². The van der Waals surface area contributed by atoms with Crippen LogP contribution in [0.2, 0.25) is 0 Å². The van der Waals surface area contributed by atoms with Crippen LogP contribution in [0.1, 0.15) is 11.1 Å². The summed E-state index contributed by atoms with van der Waals surface area (Å²) < 4.78 is 102. The Hall–Kier alpha value is -2.23. The summed E-state index contributed by atoms with van der Waals surface area (Å²) in [5.74, 6) is 0. The monoisotopic (exact) mass is 369 g/mol. The molecule has 0 amide bonds. The molecule has 0 fully saturated rings. The third-order valence-corrected chi connectivity index (χ3v) is 4.89. The van der Waals surface area contributed by atoms with Crippen molar-refractivity contribution in [1.29, 1.82) is 0 Å². The molecule has 0 atom stereocenters. The summed E-state index contributed by atoms with van der Waals surface area (Å²) in [6.45, 7) is 0. The van der Waals surface area contributed by atoms with Gasteiger partial charge in [0.25, 0.3) is 0 Å². The molecule has 3 nitrogen and oxygen atoms in total. The largest absolute Gasteiger partial charge is 0.416 e.